The Morgan fingerprint density at radius 3 is 2.50 bits per heavy atom. The van der Waals surface area contributed by atoms with Gasteiger partial charge in [0.05, 0.1) is 25.1 Å². The molecule has 2 rings (SSSR count). The number of likely N-dealkylation sites (N-methyl/N-ethyl adjacent to an activating group) is 1. The Hall–Kier alpha value is -1.48. The summed E-state index contributed by atoms with van der Waals surface area (Å²) in [6.45, 7) is 4.27. The number of furan rings is 2. The van der Waals surface area contributed by atoms with Crippen LogP contribution in [0.25, 0.3) is 0 Å². The highest BCUT2D eigenvalue weighted by Crippen LogP contribution is 2.18. The van der Waals surface area contributed by atoms with Gasteiger partial charge in [0.15, 0.2) is 5.96 Å². The van der Waals surface area contributed by atoms with Crippen molar-refractivity contribution >= 4 is 29.9 Å². The molecule has 0 aliphatic rings. The molecule has 2 aromatic rings. The molecular weight excluding hydrogens is 419 g/mol. The van der Waals surface area contributed by atoms with E-state index in [9.17, 15) is 0 Å². The molecule has 2 aromatic heterocycles. The molecule has 0 aromatic carbocycles. The van der Waals surface area contributed by atoms with Crippen LogP contribution in [-0.2, 0) is 6.42 Å². The van der Waals surface area contributed by atoms with Gasteiger partial charge in [-0.25, -0.2) is 0 Å². The van der Waals surface area contributed by atoms with E-state index in [1.54, 1.807) is 12.5 Å². The van der Waals surface area contributed by atoms with Crippen molar-refractivity contribution in [2.24, 2.45) is 4.99 Å². The van der Waals surface area contributed by atoms with Gasteiger partial charge in [0.25, 0.3) is 0 Å². The number of aliphatic imine (C=N–C) groups is 1. The number of guanidine groups is 1. The molecule has 0 radical (unpaired) electrons. The van der Waals surface area contributed by atoms with Crippen molar-refractivity contribution in [3.63, 3.8) is 0 Å². The fourth-order valence-corrected chi connectivity index (χ4v) is 2.27. The predicted octanol–water partition coefficient (Wildman–Crippen LogP) is 2.89. The minimum absolute atomic E-state index is 0. The van der Waals surface area contributed by atoms with Crippen LogP contribution in [0.4, 0.5) is 0 Å². The SMILES string of the molecule is CCNC(=NCC(c1ccco1)N(C)C)NCCc1ccco1.I. The van der Waals surface area contributed by atoms with Crippen LogP contribution in [0.2, 0.25) is 0 Å². The zero-order valence-electron chi connectivity index (χ0n) is 14.5. The van der Waals surface area contributed by atoms with Gasteiger partial charge >= 0.3 is 0 Å². The number of hydrogen-bond acceptors (Lipinski definition) is 4. The molecule has 134 valence electrons. The third kappa shape index (κ3) is 6.56. The first-order valence-corrected chi connectivity index (χ1v) is 7.95. The summed E-state index contributed by atoms with van der Waals surface area (Å²) >= 11 is 0. The van der Waals surface area contributed by atoms with Crippen molar-refractivity contribution in [1.82, 2.24) is 15.5 Å². The van der Waals surface area contributed by atoms with Crippen LogP contribution in [0, 0.1) is 0 Å². The minimum Gasteiger partial charge on any atom is -0.469 e. The van der Waals surface area contributed by atoms with Crippen molar-refractivity contribution in [3.05, 3.63) is 48.3 Å². The lowest BCUT2D eigenvalue weighted by Gasteiger charge is -2.21. The summed E-state index contributed by atoms with van der Waals surface area (Å²) in [4.78, 5) is 6.78. The van der Waals surface area contributed by atoms with Gasteiger partial charge in [-0.3, -0.25) is 9.89 Å². The van der Waals surface area contributed by atoms with E-state index in [0.29, 0.717) is 6.54 Å². The van der Waals surface area contributed by atoms with Gasteiger partial charge < -0.3 is 19.5 Å². The predicted molar refractivity (Wildman–Crippen MR) is 107 cm³/mol. The molecule has 2 N–H and O–H groups in total. The molecule has 0 saturated heterocycles. The van der Waals surface area contributed by atoms with Crippen molar-refractivity contribution in [1.29, 1.82) is 0 Å². The monoisotopic (exact) mass is 446 g/mol. The normalized spacial score (nSPS) is 12.8. The number of hydrogen-bond donors (Lipinski definition) is 2. The van der Waals surface area contributed by atoms with E-state index in [0.717, 1.165) is 37.0 Å². The lowest BCUT2D eigenvalue weighted by Crippen LogP contribution is -2.39. The maximum atomic E-state index is 5.52. The van der Waals surface area contributed by atoms with Crippen LogP contribution < -0.4 is 10.6 Å². The molecule has 6 nitrogen and oxygen atoms in total. The molecule has 0 fully saturated rings. The first-order chi connectivity index (χ1) is 11.2. The standard InChI is InChI=1S/C17H26N4O2.HI/c1-4-18-17(19-10-9-14-7-5-11-22-14)20-13-15(21(2)3)16-8-6-12-23-16;/h5-8,11-12,15H,4,9-10,13H2,1-3H3,(H2,18,19,20);1H. The molecule has 0 aliphatic carbocycles. The summed E-state index contributed by atoms with van der Waals surface area (Å²) in [6, 6.07) is 7.88. The zero-order chi connectivity index (χ0) is 16.5. The van der Waals surface area contributed by atoms with Gasteiger partial charge in [-0.05, 0) is 45.3 Å². The van der Waals surface area contributed by atoms with E-state index in [2.05, 4.69) is 27.4 Å². The fraction of sp³-hybridized carbons (Fsp3) is 0.471. The summed E-state index contributed by atoms with van der Waals surface area (Å²) in [5, 5.41) is 6.59. The Morgan fingerprint density at radius 2 is 1.92 bits per heavy atom. The highest BCUT2D eigenvalue weighted by atomic mass is 127. The molecule has 0 spiro atoms. The number of halogens is 1. The minimum atomic E-state index is 0. The van der Waals surface area contributed by atoms with Gasteiger partial charge in [0.2, 0.25) is 0 Å². The summed E-state index contributed by atoms with van der Waals surface area (Å²) in [6.07, 6.45) is 4.22. The van der Waals surface area contributed by atoms with Crippen molar-refractivity contribution in [3.8, 4) is 0 Å². The third-order valence-electron chi connectivity index (χ3n) is 3.51. The summed E-state index contributed by atoms with van der Waals surface area (Å²) in [7, 11) is 4.06. The molecule has 0 aliphatic heterocycles. The van der Waals surface area contributed by atoms with Gasteiger partial charge in [0, 0.05) is 19.5 Å². The fourth-order valence-electron chi connectivity index (χ4n) is 2.27. The topological polar surface area (TPSA) is 65.9 Å². The average molecular weight is 446 g/mol. The van der Waals surface area contributed by atoms with Crippen molar-refractivity contribution in [2.75, 3.05) is 33.7 Å². The molecule has 0 bridgehead atoms. The number of nitrogens with one attached hydrogen (secondary N) is 2. The molecule has 1 unspecified atom stereocenters. The van der Waals surface area contributed by atoms with Crippen LogP contribution >= 0.6 is 24.0 Å². The van der Waals surface area contributed by atoms with E-state index in [1.807, 2.05) is 38.4 Å². The quantitative estimate of drug-likeness (QED) is 0.371. The molecular formula is C17H27IN4O2. The van der Waals surface area contributed by atoms with E-state index in [1.165, 1.54) is 0 Å². The maximum Gasteiger partial charge on any atom is 0.191 e. The van der Waals surface area contributed by atoms with Crippen LogP contribution in [0.1, 0.15) is 24.5 Å². The Kier molecular flexibility index (Phi) is 9.55. The number of rotatable bonds is 8. The molecule has 2 heterocycles. The third-order valence-corrected chi connectivity index (χ3v) is 3.51. The Bertz CT molecular complexity index is 567. The lowest BCUT2D eigenvalue weighted by atomic mass is 10.2. The first-order valence-electron chi connectivity index (χ1n) is 7.95. The summed E-state index contributed by atoms with van der Waals surface area (Å²) in [5.41, 5.74) is 0. The maximum absolute atomic E-state index is 5.52. The van der Waals surface area contributed by atoms with Gasteiger partial charge in [-0.15, -0.1) is 24.0 Å². The van der Waals surface area contributed by atoms with Gasteiger partial charge in [0.1, 0.15) is 11.5 Å². The Morgan fingerprint density at radius 1 is 1.17 bits per heavy atom. The van der Waals surface area contributed by atoms with E-state index in [-0.39, 0.29) is 30.0 Å². The second-order valence-electron chi connectivity index (χ2n) is 5.47. The van der Waals surface area contributed by atoms with Crippen LogP contribution in [0.3, 0.4) is 0 Å². The zero-order valence-corrected chi connectivity index (χ0v) is 16.8. The second kappa shape index (κ2) is 11.1. The first kappa shape index (κ1) is 20.6. The van der Waals surface area contributed by atoms with Crippen molar-refractivity contribution in [2.45, 2.75) is 19.4 Å². The molecule has 1 atom stereocenters. The van der Waals surface area contributed by atoms with E-state index < -0.39 is 0 Å². The van der Waals surface area contributed by atoms with E-state index in [4.69, 9.17) is 8.83 Å². The van der Waals surface area contributed by atoms with Gasteiger partial charge in [-0.1, -0.05) is 0 Å². The Balaban J connectivity index is 0.00000288. The summed E-state index contributed by atoms with van der Waals surface area (Å²) < 4.78 is 10.8. The molecule has 0 saturated carbocycles. The Labute approximate surface area is 160 Å². The molecule has 7 heteroatoms. The van der Waals surface area contributed by atoms with Gasteiger partial charge in [-0.2, -0.15) is 0 Å². The largest absolute Gasteiger partial charge is 0.469 e. The second-order valence-corrected chi connectivity index (χ2v) is 5.47. The van der Waals surface area contributed by atoms with Crippen molar-refractivity contribution < 1.29 is 8.83 Å². The molecule has 0 amide bonds. The average Bonchev–Trinajstić information content (AvgIpc) is 3.20. The summed E-state index contributed by atoms with van der Waals surface area (Å²) in [5.74, 6) is 2.69. The highest BCUT2D eigenvalue weighted by Gasteiger charge is 2.16. The van der Waals surface area contributed by atoms with Crippen LogP contribution in [-0.4, -0.2) is 44.6 Å². The number of nitrogens with zero attached hydrogens (tertiary/aromatic N) is 2. The van der Waals surface area contributed by atoms with E-state index >= 15 is 0 Å². The smallest absolute Gasteiger partial charge is 0.191 e. The highest BCUT2D eigenvalue weighted by molar-refractivity contribution is 14.0. The molecule has 24 heavy (non-hydrogen) atoms. The lowest BCUT2D eigenvalue weighted by molar-refractivity contribution is 0.265. The van der Waals surface area contributed by atoms with Crippen LogP contribution in [0.15, 0.2) is 50.6 Å². The van der Waals surface area contributed by atoms with Crippen LogP contribution in [0.5, 0.6) is 0 Å².